The molecule has 0 amide bonds. The van der Waals surface area contributed by atoms with Gasteiger partial charge in [0.2, 0.25) is 0 Å². The van der Waals surface area contributed by atoms with E-state index in [2.05, 4.69) is 31.3 Å². The van der Waals surface area contributed by atoms with Crippen molar-refractivity contribution in [2.24, 2.45) is 5.92 Å². The molecule has 2 nitrogen and oxygen atoms in total. The summed E-state index contributed by atoms with van der Waals surface area (Å²) in [6.07, 6.45) is -1.38. The topological polar surface area (TPSA) is 21.3 Å². The highest BCUT2D eigenvalue weighted by molar-refractivity contribution is 5.18. The first-order valence-electron chi connectivity index (χ1n) is 6.73. The lowest BCUT2D eigenvalue weighted by atomic mass is 9.97. The Morgan fingerprint density at radius 1 is 1.16 bits per heavy atom. The lowest BCUT2D eigenvalue weighted by Crippen LogP contribution is -2.27. The first-order chi connectivity index (χ1) is 9.09. The van der Waals surface area contributed by atoms with Crippen molar-refractivity contribution < 1.29 is 13.5 Å². The van der Waals surface area contributed by atoms with Crippen LogP contribution < -0.4 is 5.32 Å². The summed E-state index contributed by atoms with van der Waals surface area (Å²) in [4.78, 5) is 0. The van der Waals surface area contributed by atoms with Crippen LogP contribution in [0.1, 0.15) is 31.9 Å². The molecule has 0 saturated carbocycles. The maximum Gasteiger partial charge on any atom is 0.261 e. The minimum atomic E-state index is -2.39. The Morgan fingerprint density at radius 3 is 2.42 bits per heavy atom. The van der Waals surface area contributed by atoms with Crippen LogP contribution in [0.5, 0.6) is 0 Å². The molecule has 1 unspecified atom stereocenters. The van der Waals surface area contributed by atoms with Crippen molar-refractivity contribution in [2.75, 3.05) is 19.8 Å². The predicted molar refractivity (Wildman–Crippen MR) is 73.5 cm³/mol. The molecular weight excluding hydrogens is 248 g/mol. The number of alkyl halides is 2. The molecule has 0 fully saturated rings. The van der Waals surface area contributed by atoms with Crippen LogP contribution in [0, 0.1) is 5.92 Å². The maximum absolute atomic E-state index is 11.9. The van der Waals surface area contributed by atoms with Gasteiger partial charge in [-0.25, -0.2) is 8.78 Å². The molecule has 0 saturated heterocycles. The quantitative estimate of drug-likeness (QED) is 0.692. The largest absolute Gasteiger partial charge is 0.374 e. The van der Waals surface area contributed by atoms with Crippen molar-refractivity contribution in [1.29, 1.82) is 0 Å². The molecule has 4 heteroatoms. The van der Waals surface area contributed by atoms with Gasteiger partial charge >= 0.3 is 0 Å². The SMILES string of the molecule is CC(C)CC(NCCOCC(F)F)c1ccccc1. The molecule has 0 aromatic heterocycles. The maximum atomic E-state index is 11.9. The normalized spacial score (nSPS) is 13.2. The molecule has 1 aromatic rings. The second kappa shape index (κ2) is 8.99. The van der Waals surface area contributed by atoms with Gasteiger partial charge in [-0.1, -0.05) is 44.2 Å². The van der Waals surface area contributed by atoms with E-state index in [1.54, 1.807) is 0 Å². The number of halogens is 2. The highest BCUT2D eigenvalue weighted by Gasteiger charge is 2.12. The summed E-state index contributed by atoms with van der Waals surface area (Å²) in [6.45, 7) is 4.75. The van der Waals surface area contributed by atoms with E-state index in [0.29, 0.717) is 19.1 Å². The third-order valence-corrected chi connectivity index (χ3v) is 2.79. The van der Waals surface area contributed by atoms with E-state index >= 15 is 0 Å². The Bertz CT molecular complexity index is 330. The van der Waals surface area contributed by atoms with Crippen LogP contribution in [0.15, 0.2) is 30.3 Å². The van der Waals surface area contributed by atoms with Crippen LogP contribution in [-0.4, -0.2) is 26.2 Å². The zero-order chi connectivity index (χ0) is 14.1. The molecule has 19 heavy (non-hydrogen) atoms. The van der Waals surface area contributed by atoms with E-state index in [4.69, 9.17) is 4.74 Å². The van der Waals surface area contributed by atoms with Crippen LogP contribution in [0.3, 0.4) is 0 Å². The van der Waals surface area contributed by atoms with Gasteiger partial charge in [0.15, 0.2) is 0 Å². The van der Waals surface area contributed by atoms with E-state index in [9.17, 15) is 8.78 Å². The van der Waals surface area contributed by atoms with E-state index in [1.807, 2.05) is 18.2 Å². The summed E-state index contributed by atoms with van der Waals surface area (Å²) < 4.78 is 28.7. The van der Waals surface area contributed by atoms with E-state index < -0.39 is 13.0 Å². The summed E-state index contributed by atoms with van der Waals surface area (Å²) in [7, 11) is 0. The lowest BCUT2D eigenvalue weighted by Gasteiger charge is -2.21. The Labute approximate surface area is 114 Å². The van der Waals surface area contributed by atoms with Crippen molar-refractivity contribution in [1.82, 2.24) is 5.32 Å². The van der Waals surface area contributed by atoms with Gasteiger partial charge in [0, 0.05) is 12.6 Å². The standard InChI is InChI=1S/C15H23F2NO/c1-12(2)10-14(13-6-4-3-5-7-13)18-8-9-19-11-15(16)17/h3-7,12,14-15,18H,8-11H2,1-2H3. The minimum Gasteiger partial charge on any atom is -0.374 e. The molecule has 0 aliphatic carbocycles. The Balaban J connectivity index is 2.38. The van der Waals surface area contributed by atoms with Gasteiger partial charge in [0.05, 0.1) is 6.61 Å². The molecule has 1 atom stereocenters. The molecule has 108 valence electrons. The summed E-state index contributed by atoms with van der Waals surface area (Å²) in [5.74, 6) is 0.569. The fourth-order valence-corrected chi connectivity index (χ4v) is 1.97. The fourth-order valence-electron chi connectivity index (χ4n) is 1.97. The van der Waals surface area contributed by atoms with Gasteiger partial charge in [-0.3, -0.25) is 0 Å². The fraction of sp³-hybridized carbons (Fsp3) is 0.600. The van der Waals surface area contributed by atoms with Crippen LogP contribution in [0.2, 0.25) is 0 Å². The second-order valence-electron chi connectivity index (χ2n) is 5.01. The van der Waals surface area contributed by atoms with Gasteiger partial charge in [-0.2, -0.15) is 0 Å². The smallest absolute Gasteiger partial charge is 0.261 e. The summed E-state index contributed by atoms with van der Waals surface area (Å²) >= 11 is 0. The van der Waals surface area contributed by atoms with Crippen LogP contribution in [0.4, 0.5) is 8.78 Å². The number of hydrogen-bond donors (Lipinski definition) is 1. The molecule has 0 aliphatic heterocycles. The van der Waals surface area contributed by atoms with Gasteiger partial charge in [-0.15, -0.1) is 0 Å². The summed E-state index contributed by atoms with van der Waals surface area (Å²) in [5, 5.41) is 3.37. The van der Waals surface area contributed by atoms with E-state index in [0.717, 1.165) is 6.42 Å². The van der Waals surface area contributed by atoms with Crippen molar-refractivity contribution >= 4 is 0 Å². The number of rotatable bonds is 9. The third kappa shape index (κ3) is 7.23. The van der Waals surface area contributed by atoms with Crippen LogP contribution in [0.25, 0.3) is 0 Å². The van der Waals surface area contributed by atoms with Crippen LogP contribution in [-0.2, 0) is 4.74 Å². The predicted octanol–water partition coefficient (Wildman–Crippen LogP) is 3.65. The third-order valence-electron chi connectivity index (χ3n) is 2.79. The van der Waals surface area contributed by atoms with Crippen LogP contribution >= 0.6 is 0 Å². The number of hydrogen-bond acceptors (Lipinski definition) is 2. The van der Waals surface area contributed by atoms with E-state index in [1.165, 1.54) is 5.56 Å². The summed E-state index contributed by atoms with van der Waals surface area (Å²) in [5.41, 5.74) is 1.23. The first-order valence-corrected chi connectivity index (χ1v) is 6.73. The molecule has 1 rings (SSSR count). The van der Waals surface area contributed by atoms with Gasteiger partial charge in [0.1, 0.15) is 6.61 Å². The van der Waals surface area contributed by atoms with Gasteiger partial charge < -0.3 is 10.1 Å². The number of benzene rings is 1. The molecule has 0 bridgehead atoms. The molecule has 0 radical (unpaired) electrons. The Morgan fingerprint density at radius 2 is 1.84 bits per heavy atom. The number of ether oxygens (including phenoxy) is 1. The lowest BCUT2D eigenvalue weighted by molar-refractivity contribution is 0.0180. The Kier molecular flexibility index (Phi) is 7.60. The van der Waals surface area contributed by atoms with E-state index in [-0.39, 0.29) is 6.04 Å². The molecule has 0 heterocycles. The monoisotopic (exact) mass is 271 g/mol. The zero-order valence-corrected chi connectivity index (χ0v) is 11.6. The van der Waals surface area contributed by atoms with Crippen molar-refractivity contribution in [3.63, 3.8) is 0 Å². The molecule has 0 spiro atoms. The Hall–Kier alpha value is -1.00. The van der Waals surface area contributed by atoms with Crippen molar-refractivity contribution in [3.8, 4) is 0 Å². The average molecular weight is 271 g/mol. The van der Waals surface area contributed by atoms with Crippen molar-refractivity contribution in [3.05, 3.63) is 35.9 Å². The first kappa shape index (κ1) is 16.1. The molecule has 1 aromatic carbocycles. The molecule has 0 aliphatic rings. The van der Waals surface area contributed by atoms with Gasteiger partial charge in [0.25, 0.3) is 6.43 Å². The average Bonchev–Trinajstić information content (AvgIpc) is 2.37. The molecular formula is C15H23F2NO. The van der Waals surface area contributed by atoms with Gasteiger partial charge in [-0.05, 0) is 17.9 Å². The molecule has 1 N–H and O–H groups in total. The van der Waals surface area contributed by atoms with Crippen molar-refractivity contribution in [2.45, 2.75) is 32.7 Å². The summed E-state index contributed by atoms with van der Waals surface area (Å²) in [6, 6.07) is 10.4. The minimum absolute atomic E-state index is 0.247. The number of nitrogens with one attached hydrogen (secondary N) is 1. The highest BCUT2D eigenvalue weighted by Crippen LogP contribution is 2.20. The zero-order valence-electron chi connectivity index (χ0n) is 11.6. The highest BCUT2D eigenvalue weighted by atomic mass is 19.3. The second-order valence-corrected chi connectivity index (χ2v) is 5.01.